The molecule has 8 heteroatoms. The van der Waals surface area contributed by atoms with Gasteiger partial charge in [-0.1, -0.05) is 12.1 Å². The monoisotopic (exact) mass is 529 g/mol. The number of rotatable bonds is 5. The van der Waals surface area contributed by atoms with Crippen LogP contribution in [-0.2, 0) is 19.4 Å². The first kappa shape index (κ1) is 24.4. The van der Waals surface area contributed by atoms with E-state index in [1.807, 2.05) is 40.5 Å². The van der Waals surface area contributed by atoms with Gasteiger partial charge in [-0.3, -0.25) is 0 Å². The number of nitrogens with one attached hydrogen (secondary N) is 1. The van der Waals surface area contributed by atoms with Crippen molar-refractivity contribution < 1.29 is 19.0 Å². The number of anilines is 1. The summed E-state index contributed by atoms with van der Waals surface area (Å²) in [4.78, 5) is 17.6. The molecule has 0 radical (unpaired) electrons. The number of nitrogens with zero attached hydrogens (tertiary/aromatic N) is 2. The Hall–Kier alpha value is -3.91. The van der Waals surface area contributed by atoms with E-state index in [0.29, 0.717) is 23.7 Å². The Kier molecular flexibility index (Phi) is 6.49. The standard InChI is InChI=1S/C30H31N3O4S/c1-35-20-9-6-8-19(16-20)28-25-11-7-15-32(25)29-23(22-10-4-5-12-27(22)38-29)18-33(28)30(34)31-24-17-21(36-2)13-14-26(24)37-3/h6-9,11,13-17,28H,4-5,10,12,18H2,1-3H3,(H,31,34). The van der Waals surface area contributed by atoms with E-state index in [1.54, 1.807) is 33.5 Å². The van der Waals surface area contributed by atoms with E-state index in [4.69, 9.17) is 14.2 Å². The van der Waals surface area contributed by atoms with Gasteiger partial charge in [-0.25, -0.2) is 4.79 Å². The minimum atomic E-state index is -0.324. The largest absolute Gasteiger partial charge is 0.497 e. The topological polar surface area (TPSA) is 65.0 Å². The van der Waals surface area contributed by atoms with Crippen LogP contribution in [0, 0.1) is 0 Å². The van der Waals surface area contributed by atoms with Crippen LogP contribution in [0.5, 0.6) is 17.2 Å². The Balaban J connectivity index is 1.49. The number of thiophene rings is 1. The number of aryl methyl sites for hydroxylation is 1. The van der Waals surface area contributed by atoms with Crippen molar-refractivity contribution in [3.05, 3.63) is 88.1 Å². The van der Waals surface area contributed by atoms with Crippen LogP contribution in [0.25, 0.3) is 5.00 Å². The van der Waals surface area contributed by atoms with Crippen LogP contribution in [0.3, 0.4) is 0 Å². The van der Waals surface area contributed by atoms with E-state index >= 15 is 0 Å². The Morgan fingerprint density at radius 3 is 2.55 bits per heavy atom. The van der Waals surface area contributed by atoms with Crippen molar-refractivity contribution in [2.75, 3.05) is 26.6 Å². The maximum atomic E-state index is 14.2. The normalized spacial score (nSPS) is 16.1. The molecule has 1 aliphatic carbocycles. The molecule has 0 saturated carbocycles. The van der Waals surface area contributed by atoms with Crippen LogP contribution in [0.1, 0.15) is 46.1 Å². The van der Waals surface area contributed by atoms with Crippen molar-refractivity contribution in [2.24, 2.45) is 0 Å². The van der Waals surface area contributed by atoms with Gasteiger partial charge in [0, 0.05) is 22.7 Å². The van der Waals surface area contributed by atoms with Crippen molar-refractivity contribution in [1.29, 1.82) is 0 Å². The summed E-state index contributed by atoms with van der Waals surface area (Å²) in [6.45, 7) is 0.503. The van der Waals surface area contributed by atoms with Crippen LogP contribution in [-0.4, -0.2) is 36.8 Å². The molecule has 196 valence electrons. The summed E-state index contributed by atoms with van der Waals surface area (Å²) in [6, 6.07) is 17.0. The minimum absolute atomic E-state index is 0.208. The molecular formula is C30H31N3O4S. The molecule has 2 aliphatic rings. The first-order chi connectivity index (χ1) is 18.6. The highest BCUT2D eigenvalue weighted by molar-refractivity contribution is 7.15. The maximum absolute atomic E-state index is 14.2. The summed E-state index contributed by atoms with van der Waals surface area (Å²) in [5, 5.41) is 4.35. The number of methoxy groups -OCH3 is 3. The lowest BCUT2D eigenvalue weighted by Crippen LogP contribution is -2.38. The Labute approximate surface area is 226 Å². The second kappa shape index (κ2) is 10.1. The van der Waals surface area contributed by atoms with Gasteiger partial charge in [-0.15, -0.1) is 11.3 Å². The number of amides is 2. The third-order valence-electron chi connectivity index (χ3n) is 7.50. The number of ether oxygens (including phenoxy) is 3. The van der Waals surface area contributed by atoms with Gasteiger partial charge in [0.15, 0.2) is 0 Å². The van der Waals surface area contributed by atoms with Crippen molar-refractivity contribution in [2.45, 2.75) is 38.3 Å². The van der Waals surface area contributed by atoms with Crippen molar-refractivity contribution in [1.82, 2.24) is 9.47 Å². The molecule has 0 bridgehead atoms. The maximum Gasteiger partial charge on any atom is 0.323 e. The third kappa shape index (κ3) is 4.19. The predicted octanol–water partition coefficient (Wildman–Crippen LogP) is 6.58. The minimum Gasteiger partial charge on any atom is -0.497 e. The van der Waals surface area contributed by atoms with Crippen LogP contribution in [0.15, 0.2) is 60.8 Å². The van der Waals surface area contributed by atoms with Gasteiger partial charge in [0.25, 0.3) is 0 Å². The summed E-state index contributed by atoms with van der Waals surface area (Å²) in [5.41, 5.74) is 5.26. The molecule has 2 aromatic heterocycles. The first-order valence-electron chi connectivity index (χ1n) is 12.9. The quantitative estimate of drug-likeness (QED) is 0.317. The Morgan fingerprint density at radius 1 is 0.921 bits per heavy atom. The smallest absolute Gasteiger partial charge is 0.323 e. The summed E-state index contributed by atoms with van der Waals surface area (Å²) >= 11 is 1.88. The van der Waals surface area contributed by atoms with E-state index in [9.17, 15) is 4.79 Å². The predicted molar refractivity (Wildman–Crippen MR) is 149 cm³/mol. The zero-order chi connectivity index (χ0) is 26.2. The highest BCUT2D eigenvalue weighted by Crippen LogP contribution is 2.44. The molecule has 1 atom stereocenters. The fourth-order valence-electron chi connectivity index (χ4n) is 5.65. The van der Waals surface area contributed by atoms with E-state index in [0.717, 1.165) is 29.8 Å². The molecule has 0 spiro atoms. The van der Waals surface area contributed by atoms with Crippen LogP contribution in [0.2, 0.25) is 0 Å². The third-order valence-corrected chi connectivity index (χ3v) is 8.83. The number of aromatic nitrogens is 1. The van der Waals surface area contributed by atoms with Crippen molar-refractivity contribution in [3.63, 3.8) is 0 Å². The lowest BCUT2D eigenvalue weighted by atomic mass is 9.95. The molecule has 38 heavy (non-hydrogen) atoms. The number of fused-ring (bicyclic) bond motifs is 5. The highest BCUT2D eigenvalue weighted by atomic mass is 32.1. The number of carbonyl (C=O) groups excluding carboxylic acids is 1. The second-order valence-electron chi connectivity index (χ2n) is 9.60. The molecule has 6 rings (SSSR count). The van der Waals surface area contributed by atoms with E-state index < -0.39 is 0 Å². The molecule has 1 unspecified atom stereocenters. The first-order valence-corrected chi connectivity index (χ1v) is 13.7. The van der Waals surface area contributed by atoms with Gasteiger partial charge in [-0.2, -0.15) is 0 Å². The molecule has 4 aromatic rings. The Morgan fingerprint density at radius 2 is 1.74 bits per heavy atom. The number of hydrogen-bond acceptors (Lipinski definition) is 5. The van der Waals surface area contributed by atoms with Gasteiger partial charge in [0.2, 0.25) is 0 Å². The van der Waals surface area contributed by atoms with Gasteiger partial charge in [-0.05, 0) is 73.2 Å². The summed E-state index contributed by atoms with van der Waals surface area (Å²) in [7, 11) is 4.87. The molecule has 1 aliphatic heterocycles. The zero-order valence-electron chi connectivity index (χ0n) is 21.8. The Bertz CT molecular complexity index is 1490. The molecule has 0 saturated heterocycles. The van der Waals surface area contributed by atoms with E-state index in [2.05, 4.69) is 34.3 Å². The second-order valence-corrected chi connectivity index (χ2v) is 10.7. The molecule has 2 amide bonds. The lowest BCUT2D eigenvalue weighted by molar-refractivity contribution is 0.194. The molecule has 2 aromatic carbocycles. The van der Waals surface area contributed by atoms with E-state index in [-0.39, 0.29) is 12.1 Å². The van der Waals surface area contributed by atoms with Crippen molar-refractivity contribution >= 4 is 23.1 Å². The van der Waals surface area contributed by atoms with Gasteiger partial charge >= 0.3 is 6.03 Å². The lowest BCUT2D eigenvalue weighted by Gasteiger charge is -2.32. The number of hydrogen-bond donors (Lipinski definition) is 1. The van der Waals surface area contributed by atoms with Crippen LogP contribution >= 0.6 is 11.3 Å². The number of urea groups is 1. The van der Waals surface area contributed by atoms with E-state index in [1.165, 1.54) is 33.8 Å². The summed E-state index contributed by atoms with van der Waals surface area (Å²) < 4.78 is 18.8. The number of carbonyl (C=O) groups is 1. The van der Waals surface area contributed by atoms with Crippen LogP contribution < -0.4 is 19.5 Å². The zero-order valence-corrected chi connectivity index (χ0v) is 22.6. The van der Waals surface area contributed by atoms with Crippen molar-refractivity contribution in [3.8, 4) is 22.2 Å². The SMILES string of the molecule is COc1cccc(C2c3cccn3-c3sc4c(c3CN2C(=O)Nc2cc(OC)ccc2OC)CCCC4)c1. The number of benzene rings is 2. The van der Waals surface area contributed by atoms with Gasteiger partial charge in [0.05, 0.1) is 45.3 Å². The van der Waals surface area contributed by atoms with Crippen LogP contribution in [0.4, 0.5) is 10.5 Å². The average molecular weight is 530 g/mol. The molecule has 7 nitrogen and oxygen atoms in total. The molecular weight excluding hydrogens is 498 g/mol. The van der Waals surface area contributed by atoms with Gasteiger partial charge in [0.1, 0.15) is 22.2 Å². The fraction of sp³-hybridized carbons (Fsp3) is 0.300. The molecule has 1 N–H and O–H groups in total. The highest BCUT2D eigenvalue weighted by Gasteiger charge is 2.36. The molecule has 0 fully saturated rings. The summed E-state index contributed by atoms with van der Waals surface area (Å²) in [6.07, 6.45) is 6.69. The van der Waals surface area contributed by atoms with Gasteiger partial charge < -0.3 is 29.0 Å². The average Bonchev–Trinajstić information content (AvgIpc) is 3.54. The summed E-state index contributed by atoms with van der Waals surface area (Å²) in [5.74, 6) is 1.97. The molecule has 3 heterocycles. The fourth-order valence-corrected chi connectivity index (χ4v) is 7.05.